The van der Waals surface area contributed by atoms with Gasteiger partial charge in [-0.05, 0) is 42.2 Å². The predicted octanol–water partition coefficient (Wildman–Crippen LogP) is 2.82. The van der Waals surface area contributed by atoms with E-state index in [4.69, 9.17) is 0 Å². The number of urea groups is 1. The monoisotopic (exact) mass is 328 g/mol. The minimum Gasteiger partial charge on any atom is -0.357 e. The highest BCUT2D eigenvalue weighted by Crippen LogP contribution is 2.17. The Hall–Kier alpha value is -2.63. The summed E-state index contributed by atoms with van der Waals surface area (Å²) in [5.41, 5.74) is 1.80. The SMILES string of the molecule is O=C(NCc1ccc(F)cc1)NCc1ccc(N2CCCC2)nc1. The van der Waals surface area contributed by atoms with E-state index in [-0.39, 0.29) is 11.8 Å². The molecule has 126 valence electrons. The van der Waals surface area contributed by atoms with Crippen molar-refractivity contribution in [2.24, 2.45) is 0 Å². The third kappa shape index (κ3) is 4.44. The Morgan fingerprint density at radius 2 is 1.62 bits per heavy atom. The molecule has 1 aliphatic heterocycles. The van der Waals surface area contributed by atoms with Crippen LogP contribution in [0.3, 0.4) is 0 Å². The van der Waals surface area contributed by atoms with Gasteiger partial charge in [0, 0.05) is 32.4 Å². The van der Waals surface area contributed by atoms with Gasteiger partial charge in [0.15, 0.2) is 0 Å². The first kappa shape index (κ1) is 16.2. The van der Waals surface area contributed by atoms with Crippen LogP contribution in [0.4, 0.5) is 15.0 Å². The molecule has 1 aromatic heterocycles. The Kier molecular flexibility index (Phi) is 5.25. The van der Waals surface area contributed by atoms with Gasteiger partial charge in [-0.2, -0.15) is 0 Å². The Morgan fingerprint density at radius 1 is 1.00 bits per heavy atom. The van der Waals surface area contributed by atoms with E-state index in [9.17, 15) is 9.18 Å². The first-order chi connectivity index (χ1) is 11.7. The molecule has 1 saturated heterocycles. The molecule has 0 bridgehead atoms. The lowest BCUT2D eigenvalue weighted by atomic mass is 10.2. The molecule has 0 spiro atoms. The largest absolute Gasteiger partial charge is 0.357 e. The standard InChI is InChI=1S/C18H21FN4O/c19-16-6-3-14(4-7-16)11-21-18(24)22-13-15-5-8-17(20-12-15)23-9-1-2-10-23/h3-8,12H,1-2,9-11,13H2,(H2,21,22,24). The summed E-state index contributed by atoms with van der Waals surface area (Å²) in [7, 11) is 0. The Labute approximate surface area is 140 Å². The van der Waals surface area contributed by atoms with Gasteiger partial charge in [0.05, 0.1) is 0 Å². The van der Waals surface area contributed by atoms with E-state index in [0.717, 1.165) is 30.0 Å². The van der Waals surface area contributed by atoms with Gasteiger partial charge in [-0.3, -0.25) is 0 Å². The molecule has 5 nitrogen and oxygen atoms in total. The number of rotatable bonds is 5. The van der Waals surface area contributed by atoms with Gasteiger partial charge in [0.2, 0.25) is 0 Å². The Morgan fingerprint density at radius 3 is 2.25 bits per heavy atom. The molecular formula is C18H21FN4O. The average Bonchev–Trinajstić information content (AvgIpc) is 3.14. The van der Waals surface area contributed by atoms with E-state index < -0.39 is 0 Å². The number of hydrogen-bond acceptors (Lipinski definition) is 3. The molecule has 3 rings (SSSR count). The van der Waals surface area contributed by atoms with E-state index in [1.165, 1.54) is 25.0 Å². The summed E-state index contributed by atoms with van der Waals surface area (Å²) in [6.07, 6.45) is 4.24. The zero-order valence-corrected chi connectivity index (χ0v) is 13.5. The fourth-order valence-corrected chi connectivity index (χ4v) is 2.68. The van der Waals surface area contributed by atoms with Crippen molar-refractivity contribution in [3.63, 3.8) is 0 Å². The van der Waals surface area contributed by atoms with Crippen molar-refractivity contribution in [1.82, 2.24) is 15.6 Å². The lowest BCUT2D eigenvalue weighted by molar-refractivity contribution is 0.240. The Balaban J connectivity index is 1.43. The molecule has 1 fully saturated rings. The summed E-state index contributed by atoms with van der Waals surface area (Å²) in [5, 5.41) is 5.54. The summed E-state index contributed by atoms with van der Waals surface area (Å²) < 4.78 is 12.8. The summed E-state index contributed by atoms with van der Waals surface area (Å²) in [4.78, 5) is 18.5. The zero-order valence-electron chi connectivity index (χ0n) is 13.5. The highest BCUT2D eigenvalue weighted by atomic mass is 19.1. The maximum Gasteiger partial charge on any atom is 0.315 e. The second-order valence-electron chi connectivity index (χ2n) is 5.88. The van der Waals surface area contributed by atoms with Crippen molar-refractivity contribution in [3.05, 3.63) is 59.5 Å². The second kappa shape index (κ2) is 7.77. The minimum absolute atomic E-state index is 0.261. The lowest BCUT2D eigenvalue weighted by Crippen LogP contribution is -2.34. The zero-order chi connectivity index (χ0) is 16.8. The highest BCUT2D eigenvalue weighted by Gasteiger charge is 2.13. The number of benzene rings is 1. The molecule has 0 radical (unpaired) electrons. The molecule has 0 aliphatic carbocycles. The van der Waals surface area contributed by atoms with Crippen LogP contribution in [0.25, 0.3) is 0 Å². The van der Waals surface area contributed by atoms with Crippen LogP contribution >= 0.6 is 0 Å². The number of aromatic nitrogens is 1. The van der Waals surface area contributed by atoms with E-state index in [0.29, 0.717) is 13.1 Å². The van der Waals surface area contributed by atoms with Gasteiger partial charge < -0.3 is 15.5 Å². The maximum atomic E-state index is 12.8. The molecule has 24 heavy (non-hydrogen) atoms. The maximum absolute atomic E-state index is 12.8. The van der Waals surface area contributed by atoms with Crippen LogP contribution in [0.15, 0.2) is 42.6 Å². The van der Waals surface area contributed by atoms with E-state index in [2.05, 4.69) is 20.5 Å². The molecule has 0 unspecified atom stereocenters. The van der Waals surface area contributed by atoms with Crippen molar-refractivity contribution in [2.75, 3.05) is 18.0 Å². The third-order valence-corrected chi connectivity index (χ3v) is 4.06. The first-order valence-corrected chi connectivity index (χ1v) is 8.17. The molecule has 2 amide bonds. The van der Waals surface area contributed by atoms with Gasteiger partial charge in [-0.15, -0.1) is 0 Å². The van der Waals surface area contributed by atoms with Crippen molar-refractivity contribution in [2.45, 2.75) is 25.9 Å². The average molecular weight is 328 g/mol. The summed E-state index contributed by atoms with van der Waals surface area (Å²) in [6, 6.07) is 9.78. The smallest absolute Gasteiger partial charge is 0.315 e. The number of amides is 2. The van der Waals surface area contributed by atoms with Gasteiger partial charge in [-0.1, -0.05) is 18.2 Å². The number of carbonyl (C=O) groups is 1. The second-order valence-corrected chi connectivity index (χ2v) is 5.88. The molecule has 2 N–H and O–H groups in total. The number of nitrogens with one attached hydrogen (secondary N) is 2. The molecule has 1 aliphatic rings. The quantitative estimate of drug-likeness (QED) is 0.887. The molecule has 1 aromatic carbocycles. The summed E-state index contributed by atoms with van der Waals surface area (Å²) in [6.45, 7) is 2.91. The molecule has 2 heterocycles. The number of anilines is 1. The van der Waals surface area contributed by atoms with Crippen LogP contribution in [-0.2, 0) is 13.1 Å². The topological polar surface area (TPSA) is 57.3 Å². The van der Waals surface area contributed by atoms with E-state index >= 15 is 0 Å². The van der Waals surface area contributed by atoms with Crippen LogP contribution in [0.1, 0.15) is 24.0 Å². The minimum atomic E-state index is -0.284. The van der Waals surface area contributed by atoms with Crippen LogP contribution in [-0.4, -0.2) is 24.1 Å². The Bertz CT molecular complexity index is 666. The van der Waals surface area contributed by atoms with Crippen molar-refractivity contribution >= 4 is 11.8 Å². The molecular weight excluding hydrogens is 307 g/mol. The summed E-state index contributed by atoms with van der Waals surface area (Å²) in [5.74, 6) is 0.713. The van der Waals surface area contributed by atoms with Crippen molar-refractivity contribution in [3.8, 4) is 0 Å². The van der Waals surface area contributed by atoms with E-state index in [1.54, 1.807) is 18.3 Å². The van der Waals surface area contributed by atoms with Crippen LogP contribution in [0, 0.1) is 5.82 Å². The van der Waals surface area contributed by atoms with Gasteiger partial charge in [0.1, 0.15) is 11.6 Å². The number of pyridine rings is 1. The third-order valence-electron chi connectivity index (χ3n) is 4.06. The van der Waals surface area contributed by atoms with Gasteiger partial charge in [0.25, 0.3) is 0 Å². The fourth-order valence-electron chi connectivity index (χ4n) is 2.68. The molecule has 0 atom stereocenters. The van der Waals surface area contributed by atoms with Crippen molar-refractivity contribution < 1.29 is 9.18 Å². The predicted molar refractivity (Wildman–Crippen MR) is 91.2 cm³/mol. The molecule has 0 saturated carbocycles. The fraction of sp³-hybridized carbons (Fsp3) is 0.333. The number of nitrogens with zero attached hydrogens (tertiary/aromatic N) is 2. The van der Waals surface area contributed by atoms with Gasteiger partial charge >= 0.3 is 6.03 Å². The highest BCUT2D eigenvalue weighted by molar-refractivity contribution is 5.73. The lowest BCUT2D eigenvalue weighted by Gasteiger charge is -2.16. The molecule has 6 heteroatoms. The first-order valence-electron chi connectivity index (χ1n) is 8.17. The molecule has 2 aromatic rings. The number of hydrogen-bond donors (Lipinski definition) is 2. The van der Waals surface area contributed by atoms with Gasteiger partial charge in [-0.25, -0.2) is 14.2 Å². The van der Waals surface area contributed by atoms with Crippen LogP contribution in [0.2, 0.25) is 0 Å². The van der Waals surface area contributed by atoms with Crippen LogP contribution in [0.5, 0.6) is 0 Å². The number of halogens is 1. The van der Waals surface area contributed by atoms with Crippen molar-refractivity contribution in [1.29, 1.82) is 0 Å². The summed E-state index contributed by atoms with van der Waals surface area (Å²) >= 11 is 0. The van der Waals surface area contributed by atoms with Crippen LogP contribution < -0.4 is 15.5 Å². The number of carbonyl (C=O) groups excluding carboxylic acids is 1. The van der Waals surface area contributed by atoms with E-state index in [1.807, 2.05) is 12.1 Å². The normalized spacial score (nSPS) is 13.8.